The van der Waals surface area contributed by atoms with Gasteiger partial charge < -0.3 is 9.53 Å². The zero-order valence-corrected chi connectivity index (χ0v) is 7.84. The molecule has 1 aliphatic rings. The monoisotopic (exact) mass is 170 g/mol. The summed E-state index contributed by atoms with van der Waals surface area (Å²) in [6, 6.07) is 0. The molecule has 0 spiro atoms. The third-order valence-corrected chi connectivity index (χ3v) is 2.21. The molecule has 1 unspecified atom stereocenters. The maximum atomic E-state index is 10.6. The zero-order valence-electron chi connectivity index (χ0n) is 7.84. The van der Waals surface area contributed by atoms with E-state index in [9.17, 15) is 4.79 Å². The highest BCUT2D eigenvalue weighted by molar-refractivity contribution is 5.75. The van der Waals surface area contributed by atoms with Crippen LogP contribution in [0.25, 0.3) is 0 Å². The summed E-state index contributed by atoms with van der Waals surface area (Å²) in [5.41, 5.74) is 0. The maximum Gasteiger partial charge on any atom is 0.129 e. The molecule has 70 valence electrons. The van der Waals surface area contributed by atoms with Crippen LogP contribution in [-0.2, 0) is 9.53 Å². The predicted octanol–water partition coefficient (Wildman–Crippen LogP) is 2.31. The minimum absolute atomic E-state index is 0.320. The number of rotatable bonds is 7. The molecule has 1 fully saturated rings. The predicted molar refractivity (Wildman–Crippen MR) is 48.1 cm³/mol. The third-order valence-electron chi connectivity index (χ3n) is 2.21. The second-order valence-electron chi connectivity index (χ2n) is 3.61. The van der Waals surface area contributed by atoms with E-state index in [1.54, 1.807) is 6.92 Å². The highest BCUT2D eigenvalue weighted by Gasteiger charge is 2.20. The lowest BCUT2D eigenvalue weighted by Crippen LogP contribution is -1.90. The maximum absolute atomic E-state index is 10.6. The van der Waals surface area contributed by atoms with E-state index in [0.29, 0.717) is 11.9 Å². The van der Waals surface area contributed by atoms with Gasteiger partial charge in [0.1, 0.15) is 5.78 Å². The van der Waals surface area contributed by atoms with Crippen LogP contribution < -0.4 is 0 Å². The Balaban J connectivity index is 1.73. The molecule has 0 N–H and O–H groups in total. The number of carbonyl (C=O) groups is 1. The van der Waals surface area contributed by atoms with Crippen molar-refractivity contribution in [3.63, 3.8) is 0 Å². The molecule has 1 heterocycles. The molecule has 1 rings (SSSR count). The van der Waals surface area contributed by atoms with Gasteiger partial charge >= 0.3 is 0 Å². The van der Waals surface area contributed by atoms with Crippen LogP contribution in [0, 0.1) is 0 Å². The smallest absolute Gasteiger partial charge is 0.129 e. The van der Waals surface area contributed by atoms with Gasteiger partial charge in [0.25, 0.3) is 0 Å². The molecule has 1 atom stereocenters. The van der Waals surface area contributed by atoms with Crippen molar-refractivity contribution in [2.75, 3.05) is 6.61 Å². The van der Waals surface area contributed by atoms with Gasteiger partial charge in [-0.2, -0.15) is 0 Å². The molecule has 0 aromatic carbocycles. The molecule has 12 heavy (non-hydrogen) atoms. The summed E-state index contributed by atoms with van der Waals surface area (Å²) in [6.07, 6.45) is 7.36. The van der Waals surface area contributed by atoms with Crippen LogP contribution >= 0.6 is 0 Å². The van der Waals surface area contributed by atoms with E-state index in [0.717, 1.165) is 19.4 Å². The second-order valence-corrected chi connectivity index (χ2v) is 3.61. The minimum atomic E-state index is 0.320. The number of unbranched alkanes of at least 4 members (excludes halogenated alkanes) is 3. The molecule has 2 nitrogen and oxygen atoms in total. The molecule has 2 heteroatoms. The third kappa shape index (κ3) is 5.30. The van der Waals surface area contributed by atoms with Gasteiger partial charge in [-0.15, -0.1) is 0 Å². The molecule has 0 bridgehead atoms. The van der Waals surface area contributed by atoms with E-state index in [1.807, 2.05) is 0 Å². The van der Waals surface area contributed by atoms with Gasteiger partial charge in [0.2, 0.25) is 0 Å². The summed E-state index contributed by atoms with van der Waals surface area (Å²) in [5.74, 6) is 0.320. The van der Waals surface area contributed by atoms with Crippen molar-refractivity contribution in [3.05, 3.63) is 0 Å². The summed E-state index contributed by atoms with van der Waals surface area (Å²) < 4.78 is 5.10. The van der Waals surface area contributed by atoms with Crippen LogP contribution in [0.3, 0.4) is 0 Å². The number of hydrogen-bond donors (Lipinski definition) is 0. The van der Waals surface area contributed by atoms with Crippen LogP contribution in [0.2, 0.25) is 0 Å². The van der Waals surface area contributed by atoms with Crippen molar-refractivity contribution in [3.8, 4) is 0 Å². The van der Waals surface area contributed by atoms with Gasteiger partial charge in [0.15, 0.2) is 0 Å². The van der Waals surface area contributed by atoms with Crippen LogP contribution in [0.15, 0.2) is 0 Å². The van der Waals surface area contributed by atoms with E-state index in [2.05, 4.69) is 0 Å². The van der Waals surface area contributed by atoms with Crippen molar-refractivity contribution in [2.24, 2.45) is 0 Å². The first-order chi connectivity index (χ1) is 5.79. The van der Waals surface area contributed by atoms with Crippen molar-refractivity contribution >= 4 is 5.78 Å². The van der Waals surface area contributed by atoms with Gasteiger partial charge in [0, 0.05) is 6.42 Å². The summed E-state index contributed by atoms with van der Waals surface area (Å²) in [4.78, 5) is 10.6. The normalized spacial score (nSPS) is 20.9. The van der Waals surface area contributed by atoms with Gasteiger partial charge in [-0.1, -0.05) is 19.3 Å². The zero-order chi connectivity index (χ0) is 8.81. The Bertz CT molecular complexity index is 139. The largest absolute Gasteiger partial charge is 0.373 e. The SMILES string of the molecule is CC(=O)CCCCCCC1CO1. The summed E-state index contributed by atoms with van der Waals surface area (Å²) in [6.45, 7) is 2.64. The summed E-state index contributed by atoms with van der Waals surface area (Å²) in [7, 11) is 0. The van der Waals surface area contributed by atoms with Gasteiger partial charge in [-0.05, 0) is 19.8 Å². The molecular formula is C10H18O2. The first kappa shape index (κ1) is 9.72. The molecule has 0 aliphatic carbocycles. The van der Waals surface area contributed by atoms with Crippen molar-refractivity contribution in [2.45, 2.75) is 51.6 Å². The van der Waals surface area contributed by atoms with Gasteiger partial charge in [-0.3, -0.25) is 0 Å². The fourth-order valence-corrected chi connectivity index (χ4v) is 1.33. The fraction of sp³-hybridized carbons (Fsp3) is 0.900. The Morgan fingerprint density at radius 1 is 1.33 bits per heavy atom. The first-order valence-corrected chi connectivity index (χ1v) is 4.90. The first-order valence-electron chi connectivity index (χ1n) is 4.90. The molecule has 1 saturated heterocycles. The molecule has 0 saturated carbocycles. The van der Waals surface area contributed by atoms with Crippen LogP contribution in [0.4, 0.5) is 0 Å². The second kappa shape index (κ2) is 5.31. The Labute approximate surface area is 74.3 Å². The van der Waals surface area contributed by atoms with E-state index in [4.69, 9.17) is 4.74 Å². The van der Waals surface area contributed by atoms with Gasteiger partial charge in [-0.25, -0.2) is 0 Å². The molecule has 1 aliphatic heterocycles. The Kier molecular flexibility index (Phi) is 4.30. The van der Waals surface area contributed by atoms with E-state index < -0.39 is 0 Å². The molecule has 0 aromatic rings. The quantitative estimate of drug-likeness (QED) is 0.433. The minimum Gasteiger partial charge on any atom is -0.373 e. The van der Waals surface area contributed by atoms with Crippen LogP contribution in [0.1, 0.15) is 45.4 Å². The van der Waals surface area contributed by atoms with Crippen molar-refractivity contribution < 1.29 is 9.53 Å². The van der Waals surface area contributed by atoms with E-state index in [-0.39, 0.29) is 0 Å². The van der Waals surface area contributed by atoms with Crippen molar-refractivity contribution in [1.82, 2.24) is 0 Å². The fourth-order valence-electron chi connectivity index (χ4n) is 1.33. The number of Topliss-reactive ketones (excluding diaryl/α,β-unsaturated/α-hetero) is 1. The van der Waals surface area contributed by atoms with E-state index in [1.165, 1.54) is 25.7 Å². The number of ketones is 1. The van der Waals surface area contributed by atoms with Gasteiger partial charge in [0.05, 0.1) is 12.7 Å². The Morgan fingerprint density at radius 3 is 2.58 bits per heavy atom. The number of epoxide rings is 1. The molecule has 0 radical (unpaired) electrons. The standard InChI is InChI=1S/C10H18O2/c1-9(11)6-4-2-3-5-7-10-8-12-10/h10H,2-8H2,1H3. The molecule has 0 amide bonds. The molecular weight excluding hydrogens is 152 g/mol. The lowest BCUT2D eigenvalue weighted by Gasteiger charge is -1.97. The Morgan fingerprint density at radius 2 is 2.00 bits per heavy atom. The number of ether oxygens (including phenoxy) is 1. The Hall–Kier alpha value is -0.370. The average molecular weight is 170 g/mol. The number of carbonyl (C=O) groups excluding carboxylic acids is 1. The van der Waals surface area contributed by atoms with Crippen molar-refractivity contribution in [1.29, 1.82) is 0 Å². The highest BCUT2D eigenvalue weighted by atomic mass is 16.6. The summed E-state index contributed by atoms with van der Waals surface area (Å²) in [5, 5.41) is 0. The lowest BCUT2D eigenvalue weighted by atomic mass is 10.1. The van der Waals surface area contributed by atoms with E-state index >= 15 is 0 Å². The van der Waals surface area contributed by atoms with Crippen LogP contribution in [0.5, 0.6) is 0 Å². The van der Waals surface area contributed by atoms with Crippen LogP contribution in [-0.4, -0.2) is 18.5 Å². The lowest BCUT2D eigenvalue weighted by molar-refractivity contribution is -0.117. The summed E-state index contributed by atoms with van der Waals surface area (Å²) >= 11 is 0. The molecule has 0 aromatic heterocycles. The highest BCUT2D eigenvalue weighted by Crippen LogP contribution is 2.17. The topological polar surface area (TPSA) is 29.6 Å². The average Bonchev–Trinajstić information content (AvgIpc) is 2.79. The number of hydrogen-bond acceptors (Lipinski definition) is 2.